The molecule has 0 bridgehead atoms. The quantitative estimate of drug-likeness (QED) is 0.904. The van der Waals surface area contributed by atoms with Crippen molar-refractivity contribution in [3.05, 3.63) is 24.3 Å². The first-order valence-corrected chi connectivity index (χ1v) is 7.48. The van der Waals surface area contributed by atoms with E-state index in [9.17, 15) is 0 Å². The van der Waals surface area contributed by atoms with Gasteiger partial charge in [-0.15, -0.1) is 10.2 Å². The van der Waals surface area contributed by atoms with Gasteiger partial charge in [-0.25, -0.2) is 4.98 Å². The lowest BCUT2D eigenvalue weighted by molar-refractivity contribution is 0.188. The summed E-state index contributed by atoms with van der Waals surface area (Å²) in [6.07, 6.45) is 5.07. The van der Waals surface area contributed by atoms with Crippen molar-refractivity contribution in [1.29, 1.82) is 0 Å². The summed E-state index contributed by atoms with van der Waals surface area (Å²) >= 11 is 0. The first-order valence-electron chi connectivity index (χ1n) is 7.48. The topological polar surface area (TPSA) is 53.9 Å². The van der Waals surface area contributed by atoms with Crippen molar-refractivity contribution in [3.63, 3.8) is 0 Å². The molecular weight excluding hydrogens is 250 g/mol. The van der Waals surface area contributed by atoms with Crippen LogP contribution >= 0.6 is 0 Å². The molecule has 0 amide bonds. The van der Waals surface area contributed by atoms with Gasteiger partial charge in [0.15, 0.2) is 0 Å². The lowest BCUT2D eigenvalue weighted by Crippen LogP contribution is -2.43. The number of benzene rings is 1. The number of rotatable bonds is 2. The molecule has 1 aromatic heterocycles. The van der Waals surface area contributed by atoms with E-state index in [1.54, 1.807) is 0 Å². The molecule has 20 heavy (non-hydrogen) atoms. The maximum Gasteiger partial charge on any atom is 0.243 e. The molecule has 5 heteroatoms. The van der Waals surface area contributed by atoms with Crippen LogP contribution in [0, 0.1) is 0 Å². The van der Waals surface area contributed by atoms with Crippen LogP contribution < -0.4 is 5.32 Å². The molecule has 2 saturated heterocycles. The Hall–Kier alpha value is -1.75. The van der Waals surface area contributed by atoms with E-state index in [2.05, 4.69) is 25.4 Å². The van der Waals surface area contributed by atoms with Crippen LogP contribution in [0.5, 0.6) is 0 Å². The fraction of sp³-hybridized carbons (Fsp3) is 0.533. The lowest BCUT2D eigenvalue weighted by Gasteiger charge is -2.35. The van der Waals surface area contributed by atoms with Crippen LogP contribution in [0.15, 0.2) is 24.3 Å². The summed E-state index contributed by atoms with van der Waals surface area (Å²) in [5.41, 5.74) is 1.76. The molecule has 1 N–H and O–H groups in total. The molecule has 2 atom stereocenters. The number of anilines is 1. The average molecular weight is 269 g/mol. The molecule has 0 saturated carbocycles. The van der Waals surface area contributed by atoms with Crippen LogP contribution in [0.1, 0.15) is 25.7 Å². The predicted octanol–water partition coefficient (Wildman–Crippen LogP) is 2.06. The highest BCUT2D eigenvalue weighted by Gasteiger charge is 2.31. The van der Waals surface area contributed by atoms with Crippen LogP contribution in [0.25, 0.3) is 11.0 Å². The van der Waals surface area contributed by atoms with Crippen molar-refractivity contribution in [2.45, 2.75) is 37.8 Å². The van der Waals surface area contributed by atoms with Gasteiger partial charge in [0.25, 0.3) is 0 Å². The largest absolute Gasteiger partial charge is 0.350 e. The van der Waals surface area contributed by atoms with E-state index in [1.807, 2.05) is 24.3 Å². The number of hydrogen-bond acceptors (Lipinski definition) is 5. The molecule has 104 valence electrons. The van der Waals surface area contributed by atoms with E-state index in [-0.39, 0.29) is 0 Å². The first kappa shape index (κ1) is 12.0. The molecule has 0 radical (unpaired) electrons. The Balaban J connectivity index is 1.49. The molecule has 2 unspecified atom stereocenters. The van der Waals surface area contributed by atoms with Crippen LogP contribution in [-0.4, -0.2) is 45.3 Å². The van der Waals surface area contributed by atoms with Gasteiger partial charge in [-0.05, 0) is 44.4 Å². The Morgan fingerprint density at radius 1 is 1.05 bits per heavy atom. The Labute approximate surface area is 118 Å². The van der Waals surface area contributed by atoms with Crippen LogP contribution in [-0.2, 0) is 0 Å². The van der Waals surface area contributed by atoms with E-state index >= 15 is 0 Å². The van der Waals surface area contributed by atoms with Crippen LogP contribution in [0.4, 0.5) is 5.95 Å². The van der Waals surface area contributed by atoms with Gasteiger partial charge in [0.1, 0.15) is 5.52 Å². The number of fused-ring (bicyclic) bond motifs is 2. The van der Waals surface area contributed by atoms with Crippen molar-refractivity contribution in [2.75, 3.05) is 18.4 Å². The highest BCUT2D eigenvalue weighted by Crippen LogP contribution is 2.28. The highest BCUT2D eigenvalue weighted by molar-refractivity contribution is 5.74. The molecule has 2 aromatic rings. The fourth-order valence-corrected chi connectivity index (χ4v) is 3.48. The zero-order valence-electron chi connectivity index (χ0n) is 11.5. The third-order valence-corrected chi connectivity index (χ3v) is 4.51. The molecule has 2 fully saturated rings. The van der Waals surface area contributed by atoms with Gasteiger partial charge < -0.3 is 10.2 Å². The maximum atomic E-state index is 4.56. The number of hydrogen-bond donors (Lipinski definition) is 1. The standard InChI is InChI=1S/C15H19N5/c1-2-6-14-13(5-1)17-15(19-18-14)16-11-7-9-20-8-3-4-12(20)10-11/h1-2,5-6,11-12H,3-4,7-10H2,(H,16,17,19). The molecule has 4 rings (SSSR count). The lowest BCUT2D eigenvalue weighted by atomic mass is 9.98. The Morgan fingerprint density at radius 3 is 2.90 bits per heavy atom. The molecule has 1 aromatic carbocycles. The Kier molecular flexibility index (Phi) is 2.99. The zero-order valence-corrected chi connectivity index (χ0v) is 11.5. The van der Waals surface area contributed by atoms with Crippen molar-refractivity contribution in [3.8, 4) is 0 Å². The van der Waals surface area contributed by atoms with E-state index in [0.29, 0.717) is 12.0 Å². The average Bonchev–Trinajstić information content (AvgIpc) is 2.95. The van der Waals surface area contributed by atoms with Gasteiger partial charge in [0.05, 0.1) is 5.52 Å². The maximum absolute atomic E-state index is 4.56. The molecule has 2 aliphatic rings. The predicted molar refractivity (Wildman–Crippen MR) is 78.6 cm³/mol. The van der Waals surface area contributed by atoms with Gasteiger partial charge in [0.2, 0.25) is 5.95 Å². The number of aromatic nitrogens is 3. The van der Waals surface area contributed by atoms with E-state index < -0.39 is 0 Å². The second-order valence-electron chi connectivity index (χ2n) is 5.82. The third-order valence-electron chi connectivity index (χ3n) is 4.51. The smallest absolute Gasteiger partial charge is 0.243 e. The molecule has 5 nitrogen and oxygen atoms in total. The summed E-state index contributed by atoms with van der Waals surface area (Å²) in [7, 11) is 0. The minimum Gasteiger partial charge on any atom is -0.350 e. The zero-order chi connectivity index (χ0) is 13.4. The third kappa shape index (κ3) is 2.22. The van der Waals surface area contributed by atoms with Crippen molar-refractivity contribution >= 4 is 17.0 Å². The molecule has 3 heterocycles. The monoisotopic (exact) mass is 269 g/mol. The van der Waals surface area contributed by atoms with Crippen molar-refractivity contribution < 1.29 is 0 Å². The molecular formula is C15H19N5. The summed E-state index contributed by atoms with van der Waals surface area (Å²) in [6, 6.07) is 9.11. The number of nitrogens with zero attached hydrogens (tertiary/aromatic N) is 4. The van der Waals surface area contributed by atoms with E-state index in [1.165, 1.54) is 38.8 Å². The first-order chi connectivity index (χ1) is 9.88. The van der Waals surface area contributed by atoms with Crippen LogP contribution in [0.2, 0.25) is 0 Å². The van der Waals surface area contributed by atoms with Gasteiger partial charge in [-0.1, -0.05) is 12.1 Å². The summed E-state index contributed by atoms with van der Waals surface area (Å²) < 4.78 is 0. The number of para-hydroxylation sites is 1. The second kappa shape index (κ2) is 4.98. The summed E-state index contributed by atoms with van der Waals surface area (Å²) in [5, 5.41) is 11.9. The molecule has 2 aliphatic heterocycles. The van der Waals surface area contributed by atoms with Gasteiger partial charge in [-0.2, -0.15) is 0 Å². The van der Waals surface area contributed by atoms with Crippen LogP contribution in [0.3, 0.4) is 0 Å². The van der Waals surface area contributed by atoms with Gasteiger partial charge in [0, 0.05) is 18.6 Å². The summed E-state index contributed by atoms with van der Waals surface area (Å²) in [6.45, 7) is 2.48. The highest BCUT2D eigenvalue weighted by atomic mass is 15.3. The number of piperidine rings is 1. The second-order valence-corrected chi connectivity index (χ2v) is 5.82. The summed E-state index contributed by atoms with van der Waals surface area (Å²) in [5.74, 6) is 0.667. The summed E-state index contributed by atoms with van der Waals surface area (Å²) in [4.78, 5) is 7.18. The number of nitrogens with one attached hydrogen (secondary N) is 1. The normalized spacial score (nSPS) is 26.6. The fourth-order valence-electron chi connectivity index (χ4n) is 3.48. The van der Waals surface area contributed by atoms with Gasteiger partial charge >= 0.3 is 0 Å². The van der Waals surface area contributed by atoms with E-state index in [0.717, 1.165) is 17.1 Å². The minimum atomic E-state index is 0.484. The van der Waals surface area contributed by atoms with Gasteiger partial charge in [-0.3, -0.25) is 0 Å². The van der Waals surface area contributed by atoms with Crippen molar-refractivity contribution in [2.24, 2.45) is 0 Å². The molecule has 0 aliphatic carbocycles. The Morgan fingerprint density at radius 2 is 1.95 bits per heavy atom. The SMILES string of the molecule is c1ccc2nc(NC3CCN4CCCC4C3)nnc2c1. The van der Waals surface area contributed by atoms with Crippen molar-refractivity contribution in [1.82, 2.24) is 20.1 Å². The van der Waals surface area contributed by atoms with E-state index in [4.69, 9.17) is 0 Å². The minimum absolute atomic E-state index is 0.484. The Bertz CT molecular complexity index is 614. The molecule has 0 spiro atoms.